The third-order valence-corrected chi connectivity index (χ3v) is 8.60. The van der Waals surface area contributed by atoms with Gasteiger partial charge in [-0.05, 0) is 96.7 Å². The zero-order valence-electron chi connectivity index (χ0n) is 29.2. The Balaban J connectivity index is 1.11. The van der Waals surface area contributed by atoms with E-state index in [9.17, 15) is 19.5 Å². The molecule has 0 heterocycles. The number of alkyl carbamates (subject to hydrolysis) is 2. The molecule has 5 rings (SSSR count). The Morgan fingerprint density at radius 3 is 2.10 bits per heavy atom. The molecule has 50 heavy (non-hydrogen) atoms. The average molecular weight is 679 g/mol. The van der Waals surface area contributed by atoms with Crippen LogP contribution in [0.1, 0.15) is 68.7 Å². The van der Waals surface area contributed by atoms with E-state index in [1.165, 1.54) is 0 Å². The number of carboxylic acid groups (broad SMARTS) is 1. The number of fused-ring (bicyclic) bond motifs is 3. The summed E-state index contributed by atoms with van der Waals surface area (Å²) in [6.45, 7) is 8.75. The van der Waals surface area contributed by atoms with Crippen LogP contribution in [0.2, 0.25) is 0 Å². The van der Waals surface area contributed by atoms with Crippen molar-refractivity contribution < 1.29 is 33.7 Å². The average Bonchev–Trinajstić information content (AvgIpc) is 3.41. The number of carboxylic acids is 1. The molecule has 0 fully saturated rings. The first-order chi connectivity index (χ1) is 24.0. The fourth-order valence-corrected chi connectivity index (χ4v) is 6.19. The predicted octanol–water partition coefficient (Wildman–Crippen LogP) is 8.13. The number of amides is 2. The van der Waals surface area contributed by atoms with Crippen LogP contribution in [0.3, 0.4) is 0 Å². The molecule has 0 saturated heterocycles. The second-order valence-electron chi connectivity index (χ2n) is 13.4. The summed E-state index contributed by atoms with van der Waals surface area (Å²) in [5.74, 6) is -0.464. The van der Waals surface area contributed by atoms with Gasteiger partial charge >= 0.3 is 18.2 Å². The largest absolute Gasteiger partial charge is 0.494 e. The van der Waals surface area contributed by atoms with Crippen LogP contribution in [-0.2, 0) is 27.1 Å². The lowest BCUT2D eigenvalue weighted by Gasteiger charge is -2.19. The van der Waals surface area contributed by atoms with Crippen molar-refractivity contribution in [2.45, 2.75) is 70.9 Å². The molecular weight excluding hydrogens is 632 g/mol. The normalized spacial score (nSPS) is 12.7. The van der Waals surface area contributed by atoms with Gasteiger partial charge in [0.15, 0.2) is 0 Å². The zero-order chi connectivity index (χ0) is 35.7. The maximum Gasteiger partial charge on any atom is 0.407 e. The smallest absolute Gasteiger partial charge is 0.407 e. The summed E-state index contributed by atoms with van der Waals surface area (Å²) in [5.41, 5.74) is 7.88. The van der Waals surface area contributed by atoms with Crippen LogP contribution in [0.15, 0.2) is 91.0 Å². The number of ether oxygens (including phenoxy) is 3. The lowest BCUT2D eigenvalue weighted by Crippen LogP contribution is -2.42. The van der Waals surface area contributed by atoms with E-state index >= 15 is 0 Å². The number of hydrogen-bond donors (Lipinski definition) is 3. The number of aliphatic carboxylic acids is 1. The molecule has 1 aliphatic rings. The molecule has 9 heteroatoms. The molecule has 0 spiro atoms. The van der Waals surface area contributed by atoms with Gasteiger partial charge in [-0.3, -0.25) is 0 Å². The summed E-state index contributed by atoms with van der Waals surface area (Å²) >= 11 is 0. The molecule has 0 aliphatic heterocycles. The Hall–Kier alpha value is -5.31. The van der Waals surface area contributed by atoms with E-state index in [0.29, 0.717) is 13.2 Å². The van der Waals surface area contributed by atoms with Crippen molar-refractivity contribution in [2.75, 3.05) is 19.8 Å². The van der Waals surface area contributed by atoms with Crippen molar-refractivity contribution in [3.8, 4) is 28.0 Å². The van der Waals surface area contributed by atoms with Gasteiger partial charge in [-0.2, -0.15) is 0 Å². The van der Waals surface area contributed by atoms with Crippen LogP contribution in [0.5, 0.6) is 5.75 Å². The molecule has 0 saturated carbocycles. The van der Waals surface area contributed by atoms with Crippen LogP contribution in [0.4, 0.5) is 9.59 Å². The fourth-order valence-electron chi connectivity index (χ4n) is 6.19. The quantitative estimate of drug-likeness (QED) is 0.115. The van der Waals surface area contributed by atoms with Crippen molar-refractivity contribution in [1.82, 2.24) is 10.6 Å². The molecule has 2 amide bonds. The summed E-state index contributed by atoms with van der Waals surface area (Å²) in [7, 11) is 0. The maximum atomic E-state index is 12.8. The van der Waals surface area contributed by atoms with Gasteiger partial charge in [0.25, 0.3) is 0 Å². The van der Waals surface area contributed by atoms with Gasteiger partial charge in [0.05, 0.1) is 6.61 Å². The number of benzene rings is 4. The number of carbonyl (C=O) groups excluding carboxylic acids is 2. The third-order valence-electron chi connectivity index (χ3n) is 8.60. The summed E-state index contributed by atoms with van der Waals surface area (Å²) in [6, 6.07) is 28.7. The highest BCUT2D eigenvalue weighted by molar-refractivity contribution is 5.81. The molecule has 9 nitrogen and oxygen atoms in total. The summed E-state index contributed by atoms with van der Waals surface area (Å²) in [5, 5.41) is 15.2. The first-order valence-electron chi connectivity index (χ1n) is 17.2. The molecule has 0 aromatic heterocycles. The Bertz CT molecular complexity index is 1750. The Morgan fingerprint density at radius 1 is 0.820 bits per heavy atom. The Labute approximate surface area is 294 Å². The van der Waals surface area contributed by atoms with Crippen LogP contribution in [0, 0.1) is 0 Å². The minimum absolute atomic E-state index is 0.109. The van der Waals surface area contributed by atoms with Gasteiger partial charge in [0, 0.05) is 18.9 Å². The van der Waals surface area contributed by atoms with Gasteiger partial charge in [-0.1, -0.05) is 85.8 Å². The van der Waals surface area contributed by atoms with Crippen molar-refractivity contribution in [2.24, 2.45) is 0 Å². The second-order valence-corrected chi connectivity index (χ2v) is 13.4. The molecule has 262 valence electrons. The number of carbonyl (C=O) groups is 3. The lowest BCUT2D eigenvalue weighted by atomic mass is 9.96. The van der Waals surface area contributed by atoms with Gasteiger partial charge in [0.1, 0.15) is 24.0 Å². The SMILES string of the molecule is CCc1cc(OCCCCNC(=O)OC(C)(C)C)ccc1-c1ccc(CC(NC(=O)OCC2c3ccccc3-c3ccccc32)C(=O)O)cc1. The Kier molecular flexibility index (Phi) is 11.8. The molecule has 1 atom stereocenters. The van der Waals surface area contributed by atoms with Gasteiger partial charge < -0.3 is 30.0 Å². The highest BCUT2D eigenvalue weighted by atomic mass is 16.6. The van der Waals surface area contributed by atoms with Crippen LogP contribution in [0.25, 0.3) is 22.3 Å². The minimum Gasteiger partial charge on any atom is -0.494 e. The highest BCUT2D eigenvalue weighted by Crippen LogP contribution is 2.44. The van der Waals surface area contributed by atoms with Crippen molar-refractivity contribution >= 4 is 18.2 Å². The van der Waals surface area contributed by atoms with E-state index in [1.54, 1.807) is 0 Å². The summed E-state index contributed by atoms with van der Waals surface area (Å²) in [6.07, 6.45) is 1.30. The van der Waals surface area contributed by atoms with Crippen LogP contribution < -0.4 is 15.4 Å². The monoisotopic (exact) mass is 678 g/mol. The number of hydrogen-bond acceptors (Lipinski definition) is 6. The standard InChI is InChI=1S/C41H46N2O7/c1-5-28-25-30(48-23-11-10-22-42-39(46)50-41(2,3)4)20-21-31(28)29-18-16-27(17-19-29)24-37(38(44)45)43-40(47)49-26-36-34-14-8-6-12-32(34)33-13-7-9-15-35(33)36/h6-9,12-21,25,36-37H,5,10-11,22-24,26H2,1-4H3,(H,42,46)(H,43,47)(H,44,45). The Morgan fingerprint density at radius 2 is 1.48 bits per heavy atom. The van der Waals surface area contributed by atoms with Crippen molar-refractivity contribution in [1.29, 1.82) is 0 Å². The van der Waals surface area contributed by atoms with E-state index < -0.39 is 29.8 Å². The fraction of sp³-hybridized carbons (Fsp3) is 0.341. The number of nitrogens with one attached hydrogen (secondary N) is 2. The number of unbranched alkanes of at least 4 members (excludes halogenated alkanes) is 1. The van der Waals surface area contributed by atoms with E-state index in [2.05, 4.69) is 29.7 Å². The van der Waals surface area contributed by atoms with Gasteiger partial charge in [0.2, 0.25) is 0 Å². The van der Waals surface area contributed by atoms with E-state index in [0.717, 1.165) is 69.5 Å². The highest BCUT2D eigenvalue weighted by Gasteiger charge is 2.30. The maximum absolute atomic E-state index is 12.8. The van der Waals surface area contributed by atoms with Crippen molar-refractivity contribution in [3.05, 3.63) is 113 Å². The molecule has 0 radical (unpaired) electrons. The molecule has 0 bridgehead atoms. The van der Waals surface area contributed by atoms with Crippen molar-refractivity contribution in [3.63, 3.8) is 0 Å². The number of rotatable bonds is 14. The minimum atomic E-state index is -1.15. The summed E-state index contributed by atoms with van der Waals surface area (Å²) < 4.78 is 16.8. The lowest BCUT2D eigenvalue weighted by molar-refractivity contribution is -0.139. The van der Waals surface area contributed by atoms with E-state index in [4.69, 9.17) is 14.2 Å². The van der Waals surface area contributed by atoms with Crippen LogP contribution >= 0.6 is 0 Å². The van der Waals surface area contributed by atoms with E-state index in [-0.39, 0.29) is 18.9 Å². The molecule has 4 aromatic rings. The molecule has 4 aromatic carbocycles. The zero-order valence-corrected chi connectivity index (χ0v) is 29.2. The topological polar surface area (TPSA) is 123 Å². The first kappa shape index (κ1) is 36.0. The molecular formula is C41H46N2O7. The molecule has 1 unspecified atom stereocenters. The van der Waals surface area contributed by atoms with Gasteiger partial charge in [-0.15, -0.1) is 0 Å². The van der Waals surface area contributed by atoms with E-state index in [1.807, 2.05) is 99.6 Å². The first-order valence-corrected chi connectivity index (χ1v) is 17.2. The van der Waals surface area contributed by atoms with Crippen LogP contribution in [-0.4, -0.2) is 54.7 Å². The molecule has 3 N–H and O–H groups in total. The third kappa shape index (κ3) is 9.43. The summed E-state index contributed by atoms with van der Waals surface area (Å²) in [4.78, 5) is 36.7. The molecule has 1 aliphatic carbocycles. The predicted molar refractivity (Wildman–Crippen MR) is 194 cm³/mol. The van der Waals surface area contributed by atoms with Gasteiger partial charge in [-0.25, -0.2) is 14.4 Å². The number of aryl methyl sites for hydroxylation is 1. The second kappa shape index (κ2) is 16.4.